The first-order valence-electron chi connectivity index (χ1n) is 7.76. The largest absolute Gasteiger partial charge is 0.374 e. The van der Waals surface area contributed by atoms with Crippen molar-refractivity contribution in [2.75, 3.05) is 5.32 Å². The maximum Gasteiger partial charge on any atom is 0.262 e. The number of nitrogens with one attached hydrogen (secondary N) is 2. The van der Waals surface area contributed by atoms with Gasteiger partial charge in [0.25, 0.3) is 5.91 Å². The molecule has 2 N–H and O–H groups in total. The zero-order valence-electron chi connectivity index (χ0n) is 13.1. The molecule has 0 heterocycles. The van der Waals surface area contributed by atoms with Gasteiger partial charge in [0, 0.05) is 11.4 Å². The van der Waals surface area contributed by atoms with Crippen molar-refractivity contribution >= 4 is 17.3 Å². The molecule has 2 rings (SSSR count). The quantitative estimate of drug-likeness (QED) is 0.833. The van der Waals surface area contributed by atoms with Gasteiger partial charge in [-0.15, -0.1) is 0 Å². The summed E-state index contributed by atoms with van der Waals surface area (Å²) in [6.07, 6.45) is 4.61. The molecule has 0 radical (unpaired) electrons. The van der Waals surface area contributed by atoms with Gasteiger partial charge in [-0.2, -0.15) is 5.10 Å². The van der Waals surface area contributed by atoms with Crippen LogP contribution in [0.25, 0.3) is 0 Å². The average molecular weight is 287 g/mol. The number of hydrogen-bond donors (Lipinski definition) is 2. The lowest BCUT2D eigenvalue weighted by Crippen LogP contribution is -2.36. The molecule has 1 amide bonds. The molecular formula is C17H25N3O. The summed E-state index contributed by atoms with van der Waals surface area (Å²) in [4.78, 5) is 12.1. The van der Waals surface area contributed by atoms with Gasteiger partial charge in [-0.05, 0) is 56.7 Å². The molecule has 114 valence electrons. The number of hydrogen-bond acceptors (Lipinski definition) is 3. The number of carbonyl (C=O) groups is 1. The molecule has 1 aliphatic carbocycles. The highest BCUT2D eigenvalue weighted by Gasteiger charge is 2.17. The zero-order valence-corrected chi connectivity index (χ0v) is 13.1. The van der Waals surface area contributed by atoms with Crippen LogP contribution in [0.2, 0.25) is 0 Å². The molecule has 21 heavy (non-hydrogen) atoms. The Hall–Kier alpha value is -1.84. The van der Waals surface area contributed by atoms with Crippen molar-refractivity contribution in [3.63, 3.8) is 0 Å². The van der Waals surface area contributed by atoms with E-state index in [0.29, 0.717) is 5.92 Å². The van der Waals surface area contributed by atoms with Crippen LogP contribution in [0.15, 0.2) is 29.4 Å². The number of benzene rings is 1. The van der Waals surface area contributed by atoms with Gasteiger partial charge in [0.15, 0.2) is 0 Å². The molecule has 0 spiro atoms. The van der Waals surface area contributed by atoms with E-state index >= 15 is 0 Å². The molecule has 1 aliphatic rings. The predicted molar refractivity (Wildman–Crippen MR) is 87.5 cm³/mol. The minimum atomic E-state index is -0.310. The number of aryl methyl sites for hydroxylation is 1. The molecule has 0 bridgehead atoms. The lowest BCUT2D eigenvalue weighted by atomic mass is 9.89. The summed E-state index contributed by atoms with van der Waals surface area (Å²) in [5, 5.41) is 7.52. The molecular weight excluding hydrogens is 262 g/mol. The Labute approximate surface area is 127 Å². The first-order valence-corrected chi connectivity index (χ1v) is 7.76. The van der Waals surface area contributed by atoms with E-state index in [1.165, 1.54) is 24.8 Å². The van der Waals surface area contributed by atoms with Crippen LogP contribution in [0.5, 0.6) is 0 Å². The first-order chi connectivity index (χ1) is 10.1. The maximum atomic E-state index is 12.1. The predicted octanol–water partition coefficient (Wildman–Crippen LogP) is 3.48. The minimum absolute atomic E-state index is 0.0956. The van der Waals surface area contributed by atoms with Gasteiger partial charge < -0.3 is 5.32 Å². The maximum absolute atomic E-state index is 12.1. The van der Waals surface area contributed by atoms with Gasteiger partial charge in [0.2, 0.25) is 0 Å². The van der Waals surface area contributed by atoms with Crippen molar-refractivity contribution in [2.45, 2.75) is 52.5 Å². The Bertz CT molecular complexity index is 525. The minimum Gasteiger partial charge on any atom is -0.374 e. The Morgan fingerprint density at radius 3 is 2.90 bits per heavy atom. The summed E-state index contributed by atoms with van der Waals surface area (Å²) in [7, 11) is 0. The standard InChI is InChI=1S/C17H25N3O/c1-12-7-6-9-15(11-12)18-14(3)17(21)20-19-16-10-5-4-8-13(16)2/h6-7,9,11,13-14,18H,4-5,8,10H2,1-3H3,(H,20,21)/t13-,14+/m1/s1. The van der Waals surface area contributed by atoms with Crippen molar-refractivity contribution < 1.29 is 4.79 Å². The van der Waals surface area contributed by atoms with Crippen LogP contribution in [0.1, 0.15) is 45.1 Å². The Balaban J connectivity index is 1.89. The molecule has 4 heteroatoms. The van der Waals surface area contributed by atoms with Gasteiger partial charge in [-0.1, -0.05) is 25.5 Å². The third kappa shape index (κ3) is 4.59. The van der Waals surface area contributed by atoms with Crippen molar-refractivity contribution in [1.29, 1.82) is 0 Å². The van der Waals surface area contributed by atoms with Crippen molar-refractivity contribution in [2.24, 2.45) is 11.0 Å². The van der Waals surface area contributed by atoms with Crippen LogP contribution in [-0.2, 0) is 4.79 Å². The molecule has 4 nitrogen and oxygen atoms in total. The molecule has 0 aliphatic heterocycles. The van der Waals surface area contributed by atoms with E-state index in [-0.39, 0.29) is 11.9 Å². The van der Waals surface area contributed by atoms with Crippen molar-refractivity contribution in [1.82, 2.24) is 5.43 Å². The molecule has 2 atom stereocenters. The van der Waals surface area contributed by atoms with E-state index in [2.05, 4.69) is 22.8 Å². The van der Waals surface area contributed by atoms with E-state index < -0.39 is 0 Å². The summed E-state index contributed by atoms with van der Waals surface area (Å²) in [5.41, 5.74) is 5.95. The molecule has 0 aromatic heterocycles. The monoisotopic (exact) mass is 287 g/mol. The number of hydrazone groups is 1. The van der Waals surface area contributed by atoms with Crippen molar-refractivity contribution in [3.05, 3.63) is 29.8 Å². The second-order valence-electron chi connectivity index (χ2n) is 5.96. The lowest BCUT2D eigenvalue weighted by molar-refractivity contribution is -0.121. The number of rotatable bonds is 4. The number of carbonyl (C=O) groups excluding carboxylic acids is 1. The lowest BCUT2D eigenvalue weighted by Gasteiger charge is -2.20. The van der Waals surface area contributed by atoms with E-state index in [1.54, 1.807) is 0 Å². The molecule has 1 aromatic rings. The third-order valence-corrected chi connectivity index (χ3v) is 3.99. The highest BCUT2D eigenvalue weighted by molar-refractivity contribution is 5.90. The smallest absolute Gasteiger partial charge is 0.262 e. The third-order valence-electron chi connectivity index (χ3n) is 3.99. The molecule has 1 aromatic carbocycles. The molecule has 0 unspecified atom stereocenters. The van der Waals surface area contributed by atoms with Gasteiger partial charge in [-0.3, -0.25) is 4.79 Å². The second-order valence-corrected chi connectivity index (χ2v) is 5.96. The van der Waals surface area contributed by atoms with Crippen molar-refractivity contribution in [3.8, 4) is 0 Å². The van der Waals surface area contributed by atoms with Crippen LogP contribution in [0.3, 0.4) is 0 Å². The molecule has 0 saturated heterocycles. The van der Waals surface area contributed by atoms with Crippen LogP contribution >= 0.6 is 0 Å². The molecule has 1 saturated carbocycles. The number of anilines is 1. The Morgan fingerprint density at radius 2 is 2.19 bits per heavy atom. The summed E-state index contributed by atoms with van der Waals surface area (Å²) in [5.74, 6) is 0.390. The summed E-state index contributed by atoms with van der Waals surface area (Å²) in [6.45, 7) is 6.06. The Kier molecular flexibility index (Phi) is 5.37. The topological polar surface area (TPSA) is 53.5 Å². The van der Waals surface area contributed by atoms with Crippen LogP contribution < -0.4 is 10.7 Å². The van der Waals surface area contributed by atoms with Crippen LogP contribution in [0.4, 0.5) is 5.69 Å². The normalized spacial score (nSPS) is 21.9. The van der Waals surface area contributed by atoms with Gasteiger partial charge in [0.1, 0.15) is 6.04 Å². The Morgan fingerprint density at radius 1 is 1.38 bits per heavy atom. The fraction of sp³-hybridized carbons (Fsp3) is 0.529. The first kappa shape index (κ1) is 15.5. The van der Waals surface area contributed by atoms with Gasteiger partial charge in [-0.25, -0.2) is 5.43 Å². The zero-order chi connectivity index (χ0) is 15.2. The van der Waals surface area contributed by atoms with E-state index in [0.717, 1.165) is 17.8 Å². The van der Waals surface area contributed by atoms with Crippen LogP contribution in [-0.4, -0.2) is 17.7 Å². The number of amides is 1. The number of nitrogens with zero attached hydrogens (tertiary/aromatic N) is 1. The van der Waals surface area contributed by atoms with Gasteiger partial charge >= 0.3 is 0 Å². The second kappa shape index (κ2) is 7.25. The highest BCUT2D eigenvalue weighted by atomic mass is 16.2. The van der Waals surface area contributed by atoms with E-state index in [4.69, 9.17) is 0 Å². The summed E-state index contributed by atoms with van der Waals surface area (Å²) >= 11 is 0. The fourth-order valence-electron chi connectivity index (χ4n) is 2.61. The van der Waals surface area contributed by atoms with Crippen LogP contribution in [0, 0.1) is 12.8 Å². The summed E-state index contributed by atoms with van der Waals surface area (Å²) in [6, 6.07) is 7.69. The van der Waals surface area contributed by atoms with Gasteiger partial charge in [0.05, 0.1) is 0 Å². The van der Waals surface area contributed by atoms with E-state index in [1.807, 2.05) is 38.1 Å². The SMILES string of the molecule is Cc1cccc(N[C@@H](C)C(=O)NN=C2CCCC[C@H]2C)c1. The molecule has 1 fully saturated rings. The summed E-state index contributed by atoms with van der Waals surface area (Å²) < 4.78 is 0. The van der Waals surface area contributed by atoms with E-state index in [9.17, 15) is 4.79 Å². The highest BCUT2D eigenvalue weighted by Crippen LogP contribution is 2.20. The fourth-order valence-corrected chi connectivity index (χ4v) is 2.61. The average Bonchev–Trinajstić information content (AvgIpc) is 2.46.